The average molecular weight is 326 g/mol. The van der Waals surface area contributed by atoms with Crippen LogP contribution in [0.1, 0.15) is 19.3 Å². The molecule has 0 atom stereocenters. The summed E-state index contributed by atoms with van der Waals surface area (Å²) in [6.07, 6.45) is 1.69. The summed E-state index contributed by atoms with van der Waals surface area (Å²) < 4.78 is 13.6. The zero-order valence-corrected chi connectivity index (χ0v) is 12.9. The summed E-state index contributed by atoms with van der Waals surface area (Å²) in [5, 5.41) is 2.64. The Labute approximate surface area is 132 Å². The fraction of sp³-hybridized carbons (Fsp3) is 0.357. The first-order chi connectivity index (χ1) is 10.1. The van der Waals surface area contributed by atoms with E-state index in [1.807, 2.05) is 0 Å². The molecule has 1 saturated heterocycles. The first-order valence-corrected chi connectivity index (χ1v) is 7.98. The van der Waals surface area contributed by atoms with E-state index in [0.717, 1.165) is 0 Å². The zero-order chi connectivity index (χ0) is 15.2. The number of hydrogen-bond acceptors (Lipinski definition) is 4. The predicted molar refractivity (Wildman–Crippen MR) is 85.6 cm³/mol. The van der Waals surface area contributed by atoms with Crippen LogP contribution in [0.15, 0.2) is 24.3 Å². The molecule has 2 amide bonds. The lowest BCUT2D eigenvalue weighted by Gasteiger charge is -2.14. The second kappa shape index (κ2) is 7.51. The molecule has 1 aliphatic heterocycles. The van der Waals surface area contributed by atoms with Gasteiger partial charge in [0.2, 0.25) is 11.8 Å². The minimum Gasteiger partial charge on any atom is -0.326 e. The molecule has 2 rings (SSSR count). The number of carbonyl (C=O) groups excluding carboxylic acids is 2. The van der Waals surface area contributed by atoms with Crippen LogP contribution in [0.4, 0.5) is 10.1 Å². The SMILES string of the molecule is O=C(CCCCN1C(=O)CSC1=S)Nc1cccc(F)c1. The van der Waals surface area contributed by atoms with Gasteiger partial charge in [0.25, 0.3) is 0 Å². The average Bonchev–Trinajstić information content (AvgIpc) is 2.75. The van der Waals surface area contributed by atoms with Gasteiger partial charge in [-0.25, -0.2) is 4.39 Å². The summed E-state index contributed by atoms with van der Waals surface area (Å²) in [6.45, 7) is 0.553. The minimum absolute atomic E-state index is 0.0363. The molecule has 1 heterocycles. The quantitative estimate of drug-likeness (QED) is 0.645. The maximum atomic E-state index is 13.0. The summed E-state index contributed by atoms with van der Waals surface area (Å²) in [7, 11) is 0. The molecule has 0 aliphatic carbocycles. The highest BCUT2D eigenvalue weighted by Crippen LogP contribution is 2.19. The zero-order valence-electron chi connectivity index (χ0n) is 11.3. The number of carbonyl (C=O) groups is 2. The van der Waals surface area contributed by atoms with Crippen LogP contribution in [-0.4, -0.2) is 33.3 Å². The van der Waals surface area contributed by atoms with E-state index in [9.17, 15) is 14.0 Å². The number of amides is 2. The van der Waals surface area contributed by atoms with Crippen molar-refractivity contribution in [3.05, 3.63) is 30.1 Å². The minimum atomic E-state index is -0.383. The Hall–Kier alpha value is -1.47. The maximum Gasteiger partial charge on any atom is 0.238 e. The Balaban J connectivity index is 1.68. The fourth-order valence-corrected chi connectivity index (χ4v) is 3.06. The third-order valence-corrected chi connectivity index (χ3v) is 4.42. The number of anilines is 1. The molecule has 1 fully saturated rings. The highest BCUT2D eigenvalue weighted by Gasteiger charge is 2.25. The molecule has 0 aromatic heterocycles. The number of thiocarbonyl (C=S) groups is 1. The van der Waals surface area contributed by atoms with Gasteiger partial charge in [0, 0.05) is 18.7 Å². The summed E-state index contributed by atoms with van der Waals surface area (Å²) in [5.41, 5.74) is 0.451. The monoisotopic (exact) mass is 326 g/mol. The van der Waals surface area contributed by atoms with E-state index in [0.29, 0.717) is 41.6 Å². The topological polar surface area (TPSA) is 49.4 Å². The Bertz CT molecular complexity index is 550. The number of benzene rings is 1. The molecular formula is C14H15FN2O2S2. The molecule has 21 heavy (non-hydrogen) atoms. The van der Waals surface area contributed by atoms with Crippen molar-refractivity contribution in [2.24, 2.45) is 0 Å². The number of rotatable bonds is 6. The molecule has 1 aliphatic rings. The molecule has 0 bridgehead atoms. The van der Waals surface area contributed by atoms with Gasteiger partial charge in [0.1, 0.15) is 10.1 Å². The number of hydrogen-bond donors (Lipinski definition) is 1. The molecule has 1 aromatic carbocycles. The van der Waals surface area contributed by atoms with Crippen LogP contribution in [0.2, 0.25) is 0 Å². The Morgan fingerprint density at radius 3 is 2.90 bits per heavy atom. The second-order valence-corrected chi connectivity index (χ2v) is 6.22. The van der Waals surface area contributed by atoms with E-state index in [1.54, 1.807) is 17.0 Å². The number of unbranched alkanes of at least 4 members (excludes halogenated alkanes) is 1. The van der Waals surface area contributed by atoms with Crippen LogP contribution < -0.4 is 5.32 Å². The van der Waals surface area contributed by atoms with Gasteiger partial charge < -0.3 is 5.32 Å². The van der Waals surface area contributed by atoms with Crippen molar-refractivity contribution in [1.29, 1.82) is 0 Å². The van der Waals surface area contributed by atoms with E-state index in [-0.39, 0.29) is 17.6 Å². The van der Waals surface area contributed by atoms with Crippen LogP contribution in [0, 0.1) is 5.82 Å². The first kappa shape index (κ1) is 15.9. The number of nitrogens with one attached hydrogen (secondary N) is 1. The lowest BCUT2D eigenvalue weighted by Crippen LogP contribution is -2.29. The Morgan fingerprint density at radius 1 is 1.43 bits per heavy atom. The van der Waals surface area contributed by atoms with Crippen LogP contribution in [-0.2, 0) is 9.59 Å². The maximum absolute atomic E-state index is 13.0. The van der Waals surface area contributed by atoms with Crippen molar-refractivity contribution in [1.82, 2.24) is 4.90 Å². The molecule has 0 radical (unpaired) electrons. The van der Waals surface area contributed by atoms with Gasteiger partial charge >= 0.3 is 0 Å². The largest absolute Gasteiger partial charge is 0.326 e. The summed E-state index contributed by atoms with van der Waals surface area (Å²) in [4.78, 5) is 24.8. The summed E-state index contributed by atoms with van der Waals surface area (Å²) >= 11 is 6.44. The van der Waals surface area contributed by atoms with Crippen LogP contribution in [0.25, 0.3) is 0 Å². The molecule has 4 nitrogen and oxygen atoms in total. The van der Waals surface area contributed by atoms with Crippen LogP contribution in [0.5, 0.6) is 0 Å². The highest BCUT2D eigenvalue weighted by molar-refractivity contribution is 8.23. The predicted octanol–water partition coefficient (Wildman–Crippen LogP) is 2.79. The molecule has 0 unspecified atom stereocenters. The molecule has 0 saturated carbocycles. The van der Waals surface area contributed by atoms with E-state index in [4.69, 9.17) is 12.2 Å². The van der Waals surface area contributed by atoms with Gasteiger partial charge in [-0.1, -0.05) is 30.0 Å². The molecule has 7 heteroatoms. The van der Waals surface area contributed by atoms with Gasteiger partial charge in [-0.2, -0.15) is 0 Å². The highest BCUT2D eigenvalue weighted by atomic mass is 32.2. The van der Waals surface area contributed by atoms with E-state index in [1.165, 1.54) is 23.9 Å². The van der Waals surface area contributed by atoms with Crippen molar-refractivity contribution in [2.45, 2.75) is 19.3 Å². The third kappa shape index (κ3) is 4.78. The fourth-order valence-electron chi connectivity index (χ4n) is 1.94. The van der Waals surface area contributed by atoms with E-state index in [2.05, 4.69) is 5.32 Å². The van der Waals surface area contributed by atoms with Gasteiger partial charge in [-0.3, -0.25) is 14.5 Å². The number of nitrogens with zero attached hydrogens (tertiary/aromatic N) is 1. The lowest BCUT2D eigenvalue weighted by atomic mass is 10.2. The van der Waals surface area contributed by atoms with Crippen molar-refractivity contribution in [3.8, 4) is 0 Å². The summed E-state index contributed by atoms with van der Waals surface area (Å²) in [5.74, 6) is -0.0929. The van der Waals surface area contributed by atoms with Gasteiger partial charge in [0.15, 0.2) is 0 Å². The van der Waals surface area contributed by atoms with Crippen molar-refractivity contribution >= 4 is 45.8 Å². The molecule has 0 spiro atoms. The molecule has 1 N–H and O–H groups in total. The summed E-state index contributed by atoms with van der Waals surface area (Å²) in [6, 6.07) is 5.78. The van der Waals surface area contributed by atoms with Gasteiger partial charge in [-0.05, 0) is 31.0 Å². The van der Waals surface area contributed by atoms with Gasteiger partial charge in [-0.15, -0.1) is 0 Å². The Kier molecular flexibility index (Phi) is 5.69. The normalized spacial score (nSPS) is 14.6. The van der Waals surface area contributed by atoms with Crippen molar-refractivity contribution < 1.29 is 14.0 Å². The molecular weight excluding hydrogens is 311 g/mol. The van der Waals surface area contributed by atoms with Crippen molar-refractivity contribution in [3.63, 3.8) is 0 Å². The van der Waals surface area contributed by atoms with Gasteiger partial charge in [0.05, 0.1) is 5.75 Å². The first-order valence-electron chi connectivity index (χ1n) is 6.59. The number of halogens is 1. The third-order valence-electron chi connectivity index (χ3n) is 2.98. The Morgan fingerprint density at radius 2 is 2.24 bits per heavy atom. The smallest absolute Gasteiger partial charge is 0.238 e. The van der Waals surface area contributed by atoms with Crippen LogP contribution in [0.3, 0.4) is 0 Å². The van der Waals surface area contributed by atoms with Crippen LogP contribution >= 0.6 is 24.0 Å². The standard InChI is InChI=1S/C14H15FN2O2S2/c15-10-4-3-5-11(8-10)16-12(18)6-1-2-7-17-13(19)9-21-14(17)20/h3-5,8H,1-2,6-7,9H2,(H,16,18). The van der Waals surface area contributed by atoms with E-state index < -0.39 is 0 Å². The van der Waals surface area contributed by atoms with E-state index >= 15 is 0 Å². The molecule has 112 valence electrons. The molecule has 1 aromatic rings. The number of thioether (sulfide) groups is 1. The second-order valence-electron chi connectivity index (χ2n) is 4.62. The lowest BCUT2D eigenvalue weighted by molar-refractivity contribution is -0.124. The van der Waals surface area contributed by atoms with Crippen molar-refractivity contribution in [2.75, 3.05) is 17.6 Å².